The van der Waals surface area contributed by atoms with E-state index in [0.29, 0.717) is 11.0 Å². The maximum absolute atomic E-state index is 5.88. The minimum Gasteiger partial charge on any atom is -0.389 e. The number of nitrogens with one attached hydrogen (secondary N) is 1. The van der Waals surface area contributed by atoms with Crippen molar-refractivity contribution in [3.8, 4) is 0 Å². The number of rotatable bonds is 7. The van der Waals surface area contributed by atoms with Gasteiger partial charge in [0.25, 0.3) is 0 Å². The van der Waals surface area contributed by atoms with Gasteiger partial charge in [-0.05, 0) is 50.9 Å². The van der Waals surface area contributed by atoms with Gasteiger partial charge in [0.05, 0.1) is 5.56 Å². The van der Waals surface area contributed by atoms with Gasteiger partial charge in [0.1, 0.15) is 10.8 Å². The van der Waals surface area contributed by atoms with Crippen LogP contribution in [0.3, 0.4) is 0 Å². The largest absolute Gasteiger partial charge is 0.389 e. The molecule has 1 atom stereocenters. The van der Waals surface area contributed by atoms with Crippen LogP contribution in [0.25, 0.3) is 0 Å². The number of nitrogens with zero attached hydrogens (tertiary/aromatic N) is 2. The third kappa shape index (κ3) is 3.92. The summed E-state index contributed by atoms with van der Waals surface area (Å²) in [5.74, 6) is 0.850. The highest BCUT2D eigenvalue weighted by Crippen LogP contribution is 2.25. The number of nitrogens with two attached hydrogens (primary N) is 1. The highest BCUT2D eigenvalue weighted by atomic mass is 32.1. The monoisotopic (exact) mass is 306 g/mol. The number of thiocarbonyl (C=S) groups is 1. The Labute approximate surface area is 133 Å². The van der Waals surface area contributed by atoms with Gasteiger partial charge < -0.3 is 16.0 Å². The van der Waals surface area contributed by atoms with Crippen LogP contribution < -0.4 is 11.1 Å². The molecule has 1 aliphatic carbocycles. The van der Waals surface area contributed by atoms with Gasteiger partial charge in [0, 0.05) is 18.3 Å². The lowest BCUT2D eigenvalue weighted by Crippen LogP contribution is -2.35. The van der Waals surface area contributed by atoms with Crippen molar-refractivity contribution in [2.45, 2.75) is 46.1 Å². The topological polar surface area (TPSA) is 54.2 Å². The molecule has 1 aromatic rings. The van der Waals surface area contributed by atoms with Crippen LogP contribution in [0.2, 0.25) is 0 Å². The fourth-order valence-electron chi connectivity index (χ4n) is 2.92. The van der Waals surface area contributed by atoms with Crippen molar-refractivity contribution in [2.24, 2.45) is 5.73 Å². The summed E-state index contributed by atoms with van der Waals surface area (Å²) in [6, 6.07) is 2.44. The molecule has 0 spiro atoms. The van der Waals surface area contributed by atoms with Gasteiger partial charge in [0.15, 0.2) is 0 Å². The Bertz CT molecular complexity index is 511. The van der Waals surface area contributed by atoms with E-state index in [2.05, 4.69) is 37.1 Å². The van der Waals surface area contributed by atoms with Gasteiger partial charge >= 0.3 is 0 Å². The van der Waals surface area contributed by atoms with Gasteiger partial charge in [-0.1, -0.05) is 26.1 Å². The Kier molecular flexibility index (Phi) is 5.53. The van der Waals surface area contributed by atoms with Crippen molar-refractivity contribution < 1.29 is 0 Å². The molecule has 0 aliphatic heterocycles. The standard InChI is InChI=1S/C16H26N4S/c1-4-20(5-2)10-11(3)18-16-13(15(17)21)9-12-7-6-8-14(12)19-16/h9,11H,4-8,10H2,1-3H3,(H2,17,21)(H,18,19). The van der Waals surface area contributed by atoms with E-state index in [1.165, 1.54) is 17.7 Å². The number of aromatic nitrogens is 1. The number of fused-ring (bicyclic) bond motifs is 1. The summed E-state index contributed by atoms with van der Waals surface area (Å²) >= 11 is 5.19. The number of pyridine rings is 1. The summed E-state index contributed by atoms with van der Waals surface area (Å²) in [6.45, 7) is 9.65. The second-order valence-electron chi connectivity index (χ2n) is 5.74. The zero-order chi connectivity index (χ0) is 15.4. The molecule has 21 heavy (non-hydrogen) atoms. The zero-order valence-corrected chi connectivity index (χ0v) is 14.1. The first-order valence-electron chi connectivity index (χ1n) is 7.86. The molecular weight excluding hydrogens is 280 g/mol. The first kappa shape index (κ1) is 16.2. The van der Waals surface area contributed by atoms with Gasteiger partial charge in [-0.25, -0.2) is 4.98 Å². The highest BCUT2D eigenvalue weighted by Gasteiger charge is 2.19. The Morgan fingerprint density at radius 2 is 2.14 bits per heavy atom. The molecule has 0 amide bonds. The number of hydrogen-bond donors (Lipinski definition) is 2. The first-order chi connectivity index (χ1) is 10.0. The fourth-order valence-corrected chi connectivity index (χ4v) is 3.07. The summed E-state index contributed by atoms with van der Waals surface area (Å²) < 4.78 is 0. The number of aryl methyl sites for hydroxylation is 2. The third-order valence-corrected chi connectivity index (χ3v) is 4.35. The molecule has 0 saturated carbocycles. The molecule has 5 heteroatoms. The van der Waals surface area contributed by atoms with E-state index >= 15 is 0 Å². The predicted molar refractivity (Wildman–Crippen MR) is 93.0 cm³/mol. The van der Waals surface area contributed by atoms with E-state index in [0.717, 1.165) is 43.9 Å². The van der Waals surface area contributed by atoms with Gasteiger partial charge in [0.2, 0.25) is 0 Å². The van der Waals surface area contributed by atoms with Crippen molar-refractivity contribution in [1.82, 2.24) is 9.88 Å². The summed E-state index contributed by atoms with van der Waals surface area (Å²) in [5.41, 5.74) is 9.27. The molecule has 1 heterocycles. The summed E-state index contributed by atoms with van der Waals surface area (Å²) in [7, 11) is 0. The minimum atomic E-state index is 0.310. The lowest BCUT2D eigenvalue weighted by atomic mass is 10.1. The van der Waals surface area contributed by atoms with Crippen LogP contribution in [0.1, 0.15) is 44.0 Å². The Morgan fingerprint density at radius 1 is 1.43 bits per heavy atom. The third-order valence-electron chi connectivity index (χ3n) is 4.13. The molecule has 0 saturated heterocycles. The molecule has 116 valence electrons. The summed E-state index contributed by atoms with van der Waals surface area (Å²) in [6.07, 6.45) is 3.33. The van der Waals surface area contributed by atoms with Crippen LogP contribution in [0.4, 0.5) is 5.82 Å². The predicted octanol–water partition coefficient (Wildman–Crippen LogP) is 2.35. The molecule has 1 aromatic heterocycles. The Balaban J connectivity index is 2.17. The van der Waals surface area contributed by atoms with E-state index in [1.807, 2.05) is 0 Å². The Morgan fingerprint density at radius 3 is 2.76 bits per heavy atom. The van der Waals surface area contributed by atoms with Crippen molar-refractivity contribution in [2.75, 3.05) is 25.0 Å². The van der Waals surface area contributed by atoms with E-state index in [4.69, 9.17) is 22.9 Å². The van der Waals surface area contributed by atoms with Gasteiger partial charge in [-0.3, -0.25) is 0 Å². The molecule has 0 aromatic carbocycles. The van der Waals surface area contributed by atoms with Gasteiger partial charge in [-0.2, -0.15) is 0 Å². The van der Waals surface area contributed by atoms with Crippen LogP contribution in [0.5, 0.6) is 0 Å². The lowest BCUT2D eigenvalue weighted by molar-refractivity contribution is 0.294. The minimum absolute atomic E-state index is 0.310. The Hall–Kier alpha value is -1.20. The molecule has 3 N–H and O–H groups in total. The van der Waals surface area contributed by atoms with Crippen molar-refractivity contribution in [1.29, 1.82) is 0 Å². The average Bonchev–Trinajstić information content (AvgIpc) is 2.90. The molecule has 1 aliphatic rings. The molecule has 0 bridgehead atoms. The zero-order valence-electron chi connectivity index (χ0n) is 13.3. The summed E-state index contributed by atoms with van der Waals surface area (Å²) in [5, 5.41) is 3.50. The highest BCUT2D eigenvalue weighted by molar-refractivity contribution is 7.80. The molecular formula is C16H26N4S. The normalized spacial score (nSPS) is 15.0. The molecule has 2 rings (SSSR count). The second-order valence-corrected chi connectivity index (χ2v) is 6.18. The van der Waals surface area contributed by atoms with Crippen LogP contribution >= 0.6 is 12.2 Å². The van der Waals surface area contributed by atoms with Crippen molar-refractivity contribution in [3.63, 3.8) is 0 Å². The van der Waals surface area contributed by atoms with Crippen molar-refractivity contribution >= 4 is 23.0 Å². The number of anilines is 1. The number of likely N-dealkylation sites (N-methyl/N-ethyl adjacent to an activating group) is 1. The second kappa shape index (κ2) is 7.18. The first-order valence-corrected chi connectivity index (χ1v) is 8.27. The molecule has 1 unspecified atom stereocenters. The molecule has 4 nitrogen and oxygen atoms in total. The van der Waals surface area contributed by atoms with E-state index < -0.39 is 0 Å². The summed E-state index contributed by atoms with van der Waals surface area (Å²) in [4.78, 5) is 7.60. The smallest absolute Gasteiger partial charge is 0.136 e. The van der Waals surface area contributed by atoms with Crippen LogP contribution in [0.15, 0.2) is 6.07 Å². The maximum Gasteiger partial charge on any atom is 0.136 e. The van der Waals surface area contributed by atoms with E-state index in [-0.39, 0.29) is 0 Å². The quantitative estimate of drug-likeness (QED) is 0.757. The molecule has 0 fully saturated rings. The van der Waals surface area contributed by atoms with Gasteiger partial charge in [-0.15, -0.1) is 0 Å². The fraction of sp³-hybridized carbons (Fsp3) is 0.625. The number of hydrogen-bond acceptors (Lipinski definition) is 4. The van der Waals surface area contributed by atoms with Crippen LogP contribution in [-0.2, 0) is 12.8 Å². The van der Waals surface area contributed by atoms with E-state index in [9.17, 15) is 0 Å². The van der Waals surface area contributed by atoms with E-state index in [1.54, 1.807) is 0 Å². The maximum atomic E-state index is 5.88. The average molecular weight is 306 g/mol. The SMILES string of the molecule is CCN(CC)CC(C)Nc1nc2c(cc1C(N)=S)CCC2. The lowest BCUT2D eigenvalue weighted by Gasteiger charge is -2.24. The van der Waals surface area contributed by atoms with Crippen LogP contribution in [0, 0.1) is 0 Å². The molecule has 0 radical (unpaired) electrons. The van der Waals surface area contributed by atoms with Crippen molar-refractivity contribution in [3.05, 3.63) is 22.9 Å². The van der Waals surface area contributed by atoms with Crippen LogP contribution in [-0.4, -0.2) is 40.5 Å².